The van der Waals surface area contributed by atoms with E-state index >= 15 is 0 Å². The molecule has 3 rings (SSSR count). The molecule has 0 bridgehead atoms. The van der Waals surface area contributed by atoms with E-state index in [9.17, 15) is 13.2 Å². The molecule has 2 saturated heterocycles. The summed E-state index contributed by atoms with van der Waals surface area (Å²) in [7, 11) is -3.57. The second kappa shape index (κ2) is 8.06. The van der Waals surface area contributed by atoms with Crippen molar-refractivity contribution in [3.8, 4) is 0 Å². The van der Waals surface area contributed by atoms with Gasteiger partial charge in [0.15, 0.2) is 0 Å². The lowest BCUT2D eigenvalue weighted by atomic mass is 10.2. The zero-order valence-corrected chi connectivity index (χ0v) is 16.4. The molecular formula is C19H28N2O4S. The molecule has 0 aromatic heterocycles. The molecule has 2 atom stereocenters. The van der Waals surface area contributed by atoms with Gasteiger partial charge in [-0.2, -0.15) is 4.31 Å². The first-order valence-electron chi connectivity index (χ1n) is 9.43. The number of hydrogen-bond donors (Lipinski definition) is 0. The van der Waals surface area contributed by atoms with Crippen molar-refractivity contribution in [2.24, 2.45) is 0 Å². The first kappa shape index (κ1) is 19.3. The van der Waals surface area contributed by atoms with Crippen molar-refractivity contribution in [2.75, 3.05) is 26.2 Å². The standard InChI is InChI=1S/C19H28N2O4S/c1-15-13-21(14-16(2)25-15)26(23,24)18-9-7-17(8-10-18)19(22)20-11-5-3-4-6-12-20/h7-10,15-16H,3-6,11-14H2,1-2H3. The number of amides is 1. The van der Waals surface area contributed by atoms with Gasteiger partial charge in [-0.25, -0.2) is 8.42 Å². The van der Waals surface area contributed by atoms with Crippen LogP contribution in [0.15, 0.2) is 29.2 Å². The molecule has 2 heterocycles. The van der Waals surface area contributed by atoms with Crippen LogP contribution >= 0.6 is 0 Å². The Morgan fingerprint density at radius 3 is 2.04 bits per heavy atom. The van der Waals surface area contributed by atoms with Crippen molar-refractivity contribution < 1.29 is 17.9 Å². The predicted molar refractivity (Wildman–Crippen MR) is 99.6 cm³/mol. The largest absolute Gasteiger partial charge is 0.373 e. The minimum atomic E-state index is -3.57. The molecule has 0 aliphatic carbocycles. The number of hydrogen-bond acceptors (Lipinski definition) is 4. The van der Waals surface area contributed by atoms with Gasteiger partial charge in [0.25, 0.3) is 5.91 Å². The van der Waals surface area contributed by atoms with Crippen LogP contribution in [-0.4, -0.2) is 61.9 Å². The Labute approximate surface area is 156 Å². The summed E-state index contributed by atoms with van der Waals surface area (Å²) in [6, 6.07) is 6.36. The highest BCUT2D eigenvalue weighted by Crippen LogP contribution is 2.22. The van der Waals surface area contributed by atoms with Crippen LogP contribution in [0.25, 0.3) is 0 Å². The number of likely N-dealkylation sites (tertiary alicyclic amines) is 1. The normalized spacial score (nSPS) is 25.7. The van der Waals surface area contributed by atoms with Gasteiger partial charge in [0.2, 0.25) is 10.0 Å². The molecule has 7 heteroatoms. The Morgan fingerprint density at radius 1 is 0.962 bits per heavy atom. The SMILES string of the molecule is CC1CN(S(=O)(=O)c2ccc(C(=O)N3CCCCCC3)cc2)CC(C)O1. The van der Waals surface area contributed by atoms with E-state index in [2.05, 4.69) is 0 Å². The monoisotopic (exact) mass is 380 g/mol. The maximum atomic E-state index is 12.9. The molecule has 1 aromatic rings. The van der Waals surface area contributed by atoms with Crippen LogP contribution in [0.1, 0.15) is 49.9 Å². The fourth-order valence-corrected chi connectivity index (χ4v) is 5.29. The van der Waals surface area contributed by atoms with E-state index < -0.39 is 10.0 Å². The zero-order chi connectivity index (χ0) is 18.7. The number of morpholine rings is 1. The molecule has 1 amide bonds. The predicted octanol–water partition coefficient (Wildman–Crippen LogP) is 2.50. The number of nitrogens with zero attached hydrogens (tertiary/aromatic N) is 2. The van der Waals surface area contributed by atoms with Crippen LogP contribution in [-0.2, 0) is 14.8 Å². The second-order valence-corrected chi connectivity index (χ2v) is 9.25. The van der Waals surface area contributed by atoms with Crippen molar-refractivity contribution in [1.29, 1.82) is 0 Å². The number of sulfonamides is 1. The molecule has 0 radical (unpaired) electrons. The van der Waals surface area contributed by atoms with E-state index in [0.29, 0.717) is 18.7 Å². The van der Waals surface area contributed by atoms with Crippen LogP contribution in [0, 0.1) is 0 Å². The number of carbonyl (C=O) groups is 1. The molecule has 2 fully saturated rings. The van der Waals surface area contributed by atoms with E-state index in [1.165, 1.54) is 4.31 Å². The summed E-state index contributed by atoms with van der Waals surface area (Å²) in [5, 5.41) is 0. The molecule has 0 saturated carbocycles. The minimum absolute atomic E-state index is 0.00975. The third-order valence-electron chi connectivity index (χ3n) is 5.02. The average Bonchev–Trinajstić information content (AvgIpc) is 2.90. The summed E-state index contributed by atoms with van der Waals surface area (Å²) in [6.45, 7) is 6.01. The first-order chi connectivity index (χ1) is 12.4. The summed E-state index contributed by atoms with van der Waals surface area (Å²) >= 11 is 0. The van der Waals surface area contributed by atoms with Crippen LogP contribution < -0.4 is 0 Å². The highest BCUT2D eigenvalue weighted by molar-refractivity contribution is 7.89. The van der Waals surface area contributed by atoms with Gasteiger partial charge in [-0.05, 0) is 51.0 Å². The van der Waals surface area contributed by atoms with Crippen LogP contribution in [0.4, 0.5) is 0 Å². The topological polar surface area (TPSA) is 66.9 Å². The number of benzene rings is 1. The molecule has 6 nitrogen and oxygen atoms in total. The van der Waals surface area contributed by atoms with Gasteiger partial charge in [0.1, 0.15) is 0 Å². The Bertz CT molecular complexity index is 714. The lowest BCUT2D eigenvalue weighted by molar-refractivity contribution is -0.0440. The summed E-state index contributed by atoms with van der Waals surface area (Å²) in [5.41, 5.74) is 0.551. The van der Waals surface area contributed by atoms with Gasteiger partial charge in [0, 0.05) is 31.7 Å². The smallest absolute Gasteiger partial charge is 0.253 e. The minimum Gasteiger partial charge on any atom is -0.373 e. The van der Waals surface area contributed by atoms with Crippen LogP contribution in [0.5, 0.6) is 0 Å². The van der Waals surface area contributed by atoms with Crippen molar-refractivity contribution in [3.05, 3.63) is 29.8 Å². The first-order valence-corrected chi connectivity index (χ1v) is 10.9. The van der Waals surface area contributed by atoms with Gasteiger partial charge < -0.3 is 9.64 Å². The molecular weight excluding hydrogens is 352 g/mol. The number of ether oxygens (including phenoxy) is 1. The van der Waals surface area contributed by atoms with Crippen molar-refractivity contribution in [3.63, 3.8) is 0 Å². The molecule has 26 heavy (non-hydrogen) atoms. The summed E-state index contributed by atoms with van der Waals surface area (Å²) in [6.07, 6.45) is 4.14. The van der Waals surface area contributed by atoms with Gasteiger partial charge in [-0.15, -0.1) is 0 Å². The maximum absolute atomic E-state index is 12.9. The van der Waals surface area contributed by atoms with Gasteiger partial charge in [-0.1, -0.05) is 12.8 Å². The van der Waals surface area contributed by atoms with Crippen LogP contribution in [0.2, 0.25) is 0 Å². The molecule has 0 N–H and O–H groups in total. The van der Waals surface area contributed by atoms with Crippen molar-refractivity contribution in [2.45, 2.75) is 56.6 Å². The number of carbonyl (C=O) groups excluding carboxylic acids is 1. The summed E-state index contributed by atoms with van der Waals surface area (Å²) in [4.78, 5) is 14.8. The molecule has 2 aliphatic heterocycles. The lowest BCUT2D eigenvalue weighted by Gasteiger charge is -2.34. The summed E-state index contributed by atoms with van der Waals surface area (Å²) in [5.74, 6) is -0.00975. The zero-order valence-electron chi connectivity index (χ0n) is 15.6. The molecule has 144 valence electrons. The van der Waals surface area contributed by atoms with Gasteiger partial charge in [0.05, 0.1) is 17.1 Å². The van der Waals surface area contributed by atoms with Crippen molar-refractivity contribution >= 4 is 15.9 Å². The fraction of sp³-hybridized carbons (Fsp3) is 0.632. The third kappa shape index (κ3) is 4.27. The molecule has 2 unspecified atom stereocenters. The van der Waals surface area contributed by atoms with Gasteiger partial charge in [-0.3, -0.25) is 4.79 Å². The van der Waals surface area contributed by atoms with Crippen LogP contribution in [0.3, 0.4) is 0 Å². The third-order valence-corrected chi connectivity index (χ3v) is 6.86. The molecule has 2 aliphatic rings. The van der Waals surface area contributed by atoms with Crippen molar-refractivity contribution in [1.82, 2.24) is 9.21 Å². The van der Waals surface area contributed by atoms with E-state index in [1.54, 1.807) is 24.3 Å². The highest BCUT2D eigenvalue weighted by Gasteiger charge is 2.32. The van der Waals surface area contributed by atoms with E-state index in [1.807, 2.05) is 18.7 Å². The average molecular weight is 381 g/mol. The molecule has 0 spiro atoms. The quantitative estimate of drug-likeness (QED) is 0.808. The number of rotatable bonds is 3. The maximum Gasteiger partial charge on any atom is 0.253 e. The van der Waals surface area contributed by atoms with E-state index in [-0.39, 0.29) is 23.0 Å². The Balaban J connectivity index is 1.75. The highest BCUT2D eigenvalue weighted by atomic mass is 32.2. The summed E-state index contributed by atoms with van der Waals surface area (Å²) < 4.78 is 32.9. The Morgan fingerprint density at radius 2 is 1.50 bits per heavy atom. The Hall–Kier alpha value is -1.44. The second-order valence-electron chi connectivity index (χ2n) is 7.31. The van der Waals surface area contributed by atoms with Gasteiger partial charge >= 0.3 is 0 Å². The van der Waals surface area contributed by atoms with E-state index in [0.717, 1.165) is 38.8 Å². The lowest BCUT2D eigenvalue weighted by Crippen LogP contribution is -2.48. The van der Waals surface area contributed by atoms with E-state index in [4.69, 9.17) is 4.74 Å². The molecule has 1 aromatic carbocycles. The Kier molecular flexibility index (Phi) is 5.99. The fourth-order valence-electron chi connectivity index (χ4n) is 3.70.